The Hall–Kier alpha value is -2.78. The molecule has 0 radical (unpaired) electrons. The number of rotatable bonds is 3. The van der Waals surface area contributed by atoms with E-state index in [9.17, 15) is 5.26 Å². The summed E-state index contributed by atoms with van der Waals surface area (Å²) in [5, 5.41) is 13.2. The van der Waals surface area contributed by atoms with Crippen molar-refractivity contribution < 1.29 is 9.47 Å². The Morgan fingerprint density at radius 3 is 2.77 bits per heavy atom. The number of methoxy groups -OCH3 is 2. The predicted molar refractivity (Wildman–Crippen MR) is 99.6 cm³/mol. The second kappa shape index (κ2) is 6.50. The third kappa shape index (κ3) is 2.39. The number of nitrogens with two attached hydrogens (primary N) is 1. The molecule has 2 aromatic rings. The van der Waals surface area contributed by atoms with Crippen LogP contribution >= 0.6 is 0 Å². The van der Waals surface area contributed by atoms with Crippen LogP contribution in [0.15, 0.2) is 12.1 Å². The van der Waals surface area contributed by atoms with Crippen LogP contribution in [0.2, 0.25) is 0 Å². The van der Waals surface area contributed by atoms with Crippen molar-refractivity contribution in [3.05, 3.63) is 34.4 Å². The molecule has 1 aliphatic heterocycles. The minimum absolute atomic E-state index is 0.277. The summed E-state index contributed by atoms with van der Waals surface area (Å²) < 4.78 is 11.1. The average Bonchev–Trinajstić information content (AvgIpc) is 3.04. The van der Waals surface area contributed by atoms with E-state index in [1.807, 2.05) is 12.1 Å². The normalized spacial score (nSPS) is 18.0. The number of anilines is 1. The molecule has 2 heterocycles. The van der Waals surface area contributed by atoms with Gasteiger partial charge in [-0.05, 0) is 48.6 Å². The SMILES string of the molecule is COc1ccc2c(c1OC)Cc1c-2nc(N)c(C#N)c1[C@@H]1CCCNC1. The Labute approximate surface area is 152 Å². The van der Waals surface area contributed by atoms with Gasteiger partial charge in [0, 0.05) is 24.1 Å². The van der Waals surface area contributed by atoms with Crippen LogP contribution < -0.4 is 20.5 Å². The first-order chi connectivity index (χ1) is 12.7. The summed E-state index contributed by atoms with van der Waals surface area (Å²) in [6.45, 7) is 1.88. The standard InChI is InChI=1S/C20H22N4O2/c1-25-16-6-5-12-13(19(16)26-2)8-14-17(11-4-3-7-23-10-11)15(9-21)20(22)24-18(12)14/h5-6,11,23H,3-4,7-8,10H2,1-2H3,(H2,22,24)/t11-/m1/s1. The van der Waals surface area contributed by atoms with Crippen LogP contribution in [0.25, 0.3) is 11.3 Å². The molecule has 6 heteroatoms. The van der Waals surface area contributed by atoms with Crippen LogP contribution in [-0.4, -0.2) is 32.3 Å². The number of nitriles is 1. The lowest BCUT2D eigenvalue weighted by Crippen LogP contribution is -2.29. The number of aromatic nitrogens is 1. The molecule has 0 amide bonds. The van der Waals surface area contributed by atoms with Gasteiger partial charge in [0.25, 0.3) is 0 Å². The molecule has 0 saturated carbocycles. The highest BCUT2D eigenvalue weighted by Gasteiger charge is 2.33. The molecular formula is C20H22N4O2. The number of nitrogen functional groups attached to an aromatic ring is 1. The van der Waals surface area contributed by atoms with Gasteiger partial charge in [-0.2, -0.15) is 5.26 Å². The molecule has 4 rings (SSSR count). The van der Waals surface area contributed by atoms with Crippen molar-refractivity contribution in [1.82, 2.24) is 10.3 Å². The van der Waals surface area contributed by atoms with E-state index in [-0.39, 0.29) is 5.92 Å². The maximum Gasteiger partial charge on any atom is 0.164 e. The largest absolute Gasteiger partial charge is 0.493 e. The number of benzene rings is 1. The summed E-state index contributed by atoms with van der Waals surface area (Å²) in [5.74, 6) is 2.02. The zero-order chi connectivity index (χ0) is 18.3. The molecule has 26 heavy (non-hydrogen) atoms. The fourth-order valence-electron chi connectivity index (χ4n) is 4.29. The van der Waals surface area contributed by atoms with Crippen molar-refractivity contribution >= 4 is 5.82 Å². The van der Waals surface area contributed by atoms with E-state index in [1.165, 1.54) is 0 Å². The van der Waals surface area contributed by atoms with E-state index in [0.29, 0.717) is 23.6 Å². The van der Waals surface area contributed by atoms with Gasteiger partial charge in [0.15, 0.2) is 11.5 Å². The smallest absolute Gasteiger partial charge is 0.164 e. The minimum Gasteiger partial charge on any atom is -0.493 e. The first-order valence-corrected chi connectivity index (χ1v) is 8.86. The molecule has 1 aliphatic carbocycles. The Bertz CT molecular complexity index is 911. The van der Waals surface area contributed by atoms with Gasteiger partial charge in [-0.25, -0.2) is 4.98 Å². The zero-order valence-corrected chi connectivity index (χ0v) is 15.1. The van der Waals surface area contributed by atoms with E-state index in [4.69, 9.17) is 15.2 Å². The topological polar surface area (TPSA) is 93.2 Å². The number of fused-ring (bicyclic) bond motifs is 3. The molecule has 1 aromatic carbocycles. The fourth-order valence-corrected chi connectivity index (χ4v) is 4.29. The second-order valence-corrected chi connectivity index (χ2v) is 6.77. The Morgan fingerprint density at radius 2 is 2.12 bits per heavy atom. The van der Waals surface area contributed by atoms with Gasteiger partial charge in [-0.15, -0.1) is 0 Å². The molecule has 134 valence electrons. The predicted octanol–water partition coefficient (Wildman–Crippen LogP) is 2.59. The highest BCUT2D eigenvalue weighted by molar-refractivity contribution is 5.82. The van der Waals surface area contributed by atoms with Gasteiger partial charge in [0.1, 0.15) is 11.9 Å². The Balaban J connectivity index is 1.93. The molecule has 2 aliphatic rings. The van der Waals surface area contributed by atoms with E-state index >= 15 is 0 Å². The summed E-state index contributed by atoms with van der Waals surface area (Å²) in [4.78, 5) is 4.59. The van der Waals surface area contributed by atoms with Crippen LogP contribution in [0.3, 0.4) is 0 Å². The lowest BCUT2D eigenvalue weighted by Gasteiger charge is -2.26. The first-order valence-electron chi connectivity index (χ1n) is 8.86. The van der Waals surface area contributed by atoms with Crippen molar-refractivity contribution in [3.63, 3.8) is 0 Å². The summed E-state index contributed by atoms with van der Waals surface area (Å²) in [6.07, 6.45) is 2.82. The van der Waals surface area contributed by atoms with Gasteiger partial charge >= 0.3 is 0 Å². The Kier molecular flexibility index (Phi) is 4.17. The lowest BCUT2D eigenvalue weighted by atomic mass is 9.85. The molecule has 1 saturated heterocycles. The summed E-state index contributed by atoms with van der Waals surface area (Å²) in [7, 11) is 3.28. The highest BCUT2D eigenvalue weighted by Crippen LogP contribution is 2.48. The molecule has 3 N–H and O–H groups in total. The van der Waals surface area contributed by atoms with Crippen molar-refractivity contribution in [2.45, 2.75) is 25.2 Å². The molecule has 0 unspecified atom stereocenters. The molecule has 1 aromatic heterocycles. The average molecular weight is 350 g/mol. The first kappa shape index (κ1) is 16.7. The van der Waals surface area contributed by atoms with Crippen LogP contribution in [0.4, 0.5) is 5.82 Å². The van der Waals surface area contributed by atoms with Crippen molar-refractivity contribution in [2.75, 3.05) is 33.0 Å². The molecule has 1 fully saturated rings. The number of nitrogens with one attached hydrogen (secondary N) is 1. The van der Waals surface area contributed by atoms with Crippen LogP contribution in [0.5, 0.6) is 11.5 Å². The van der Waals surface area contributed by atoms with Crippen molar-refractivity contribution in [1.29, 1.82) is 5.26 Å². The maximum absolute atomic E-state index is 9.73. The van der Waals surface area contributed by atoms with Gasteiger partial charge < -0.3 is 20.5 Å². The van der Waals surface area contributed by atoms with Crippen LogP contribution in [0.1, 0.15) is 41.0 Å². The van der Waals surface area contributed by atoms with Crippen molar-refractivity contribution in [3.8, 4) is 28.8 Å². The summed E-state index contributed by atoms with van der Waals surface area (Å²) in [5.41, 5.74) is 11.8. The number of nitrogens with zero attached hydrogens (tertiary/aromatic N) is 2. The van der Waals surface area contributed by atoms with Crippen LogP contribution in [0, 0.1) is 11.3 Å². The lowest BCUT2D eigenvalue weighted by molar-refractivity contribution is 0.352. The Morgan fingerprint density at radius 1 is 1.27 bits per heavy atom. The monoisotopic (exact) mass is 350 g/mol. The highest BCUT2D eigenvalue weighted by atomic mass is 16.5. The molecule has 0 spiro atoms. The third-order valence-corrected chi connectivity index (χ3v) is 5.44. The van der Waals surface area contributed by atoms with Gasteiger partial charge in [0.2, 0.25) is 0 Å². The number of hydrogen-bond donors (Lipinski definition) is 2. The van der Waals surface area contributed by atoms with Crippen LogP contribution in [-0.2, 0) is 6.42 Å². The minimum atomic E-state index is 0.277. The molecule has 1 atom stereocenters. The summed E-state index contributed by atoms with van der Waals surface area (Å²) in [6, 6.07) is 6.19. The van der Waals surface area contributed by atoms with Gasteiger partial charge in [-0.1, -0.05) is 0 Å². The summed E-state index contributed by atoms with van der Waals surface area (Å²) >= 11 is 0. The quantitative estimate of drug-likeness (QED) is 0.754. The number of hydrogen-bond acceptors (Lipinski definition) is 6. The zero-order valence-electron chi connectivity index (χ0n) is 15.1. The van der Waals surface area contributed by atoms with E-state index in [1.54, 1.807) is 14.2 Å². The fraction of sp³-hybridized carbons (Fsp3) is 0.400. The third-order valence-electron chi connectivity index (χ3n) is 5.44. The number of piperidine rings is 1. The molecule has 0 bridgehead atoms. The van der Waals surface area contributed by atoms with Crippen molar-refractivity contribution in [2.24, 2.45) is 0 Å². The number of ether oxygens (including phenoxy) is 2. The molecule has 6 nitrogen and oxygen atoms in total. The maximum atomic E-state index is 9.73. The van der Waals surface area contributed by atoms with E-state index in [0.717, 1.165) is 59.6 Å². The van der Waals surface area contributed by atoms with E-state index < -0.39 is 0 Å². The van der Waals surface area contributed by atoms with Gasteiger partial charge in [0.05, 0.1) is 25.5 Å². The van der Waals surface area contributed by atoms with Gasteiger partial charge in [-0.3, -0.25) is 0 Å². The van der Waals surface area contributed by atoms with E-state index in [2.05, 4.69) is 16.4 Å². The molecular weight excluding hydrogens is 328 g/mol. The number of pyridine rings is 1. The second-order valence-electron chi connectivity index (χ2n) is 6.77.